The number of hydrogen-bond acceptors (Lipinski definition) is 5. The van der Waals surface area contributed by atoms with Crippen LogP contribution in [0.1, 0.15) is 10.5 Å². The molecule has 2 N–H and O–H groups in total. The van der Waals surface area contributed by atoms with Crippen molar-refractivity contribution in [3.05, 3.63) is 27.3 Å². The highest BCUT2D eigenvalue weighted by atomic mass is 79.9. The summed E-state index contributed by atoms with van der Waals surface area (Å²) in [6.45, 7) is 0.874. The van der Waals surface area contributed by atoms with E-state index < -0.39 is 5.91 Å². The Hall–Kier alpha value is -1.44. The van der Waals surface area contributed by atoms with E-state index in [2.05, 4.69) is 26.1 Å². The predicted molar refractivity (Wildman–Crippen MR) is 78.1 cm³/mol. The Morgan fingerprint density at radius 3 is 2.80 bits per heavy atom. The zero-order valence-corrected chi connectivity index (χ0v) is 12.9. The van der Waals surface area contributed by atoms with Crippen LogP contribution in [-0.2, 0) is 4.74 Å². The third-order valence-corrected chi connectivity index (χ3v) is 3.53. The van der Waals surface area contributed by atoms with Crippen molar-refractivity contribution in [2.75, 3.05) is 20.3 Å². The van der Waals surface area contributed by atoms with Crippen molar-refractivity contribution in [2.45, 2.75) is 0 Å². The Morgan fingerprint density at radius 1 is 1.40 bits per heavy atom. The largest absolute Gasteiger partial charge is 0.490 e. The van der Waals surface area contributed by atoms with Crippen molar-refractivity contribution in [3.8, 4) is 5.75 Å². The summed E-state index contributed by atoms with van der Waals surface area (Å²) < 4.78 is 11.1. The van der Waals surface area contributed by atoms with Gasteiger partial charge in [0.05, 0.1) is 21.6 Å². The van der Waals surface area contributed by atoms with E-state index in [0.29, 0.717) is 34.3 Å². The predicted octanol–water partition coefficient (Wildman–Crippen LogP) is 2.17. The van der Waals surface area contributed by atoms with E-state index in [4.69, 9.17) is 26.8 Å². The number of ether oxygens (including phenoxy) is 2. The molecule has 1 heterocycles. The number of carbonyl (C=O) groups is 1. The van der Waals surface area contributed by atoms with Crippen LogP contribution >= 0.6 is 27.5 Å². The Morgan fingerprint density at radius 2 is 2.15 bits per heavy atom. The van der Waals surface area contributed by atoms with E-state index in [-0.39, 0.29) is 10.7 Å². The third-order valence-electron chi connectivity index (χ3n) is 2.53. The van der Waals surface area contributed by atoms with Gasteiger partial charge in [-0.05, 0) is 22.0 Å². The van der Waals surface area contributed by atoms with Gasteiger partial charge in [0.2, 0.25) is 0 Å². The summed E-state index contributed by atoms with van der Waals surface area (Å²) in [7, 11) is 1.59. The minimum absolute atomic E-state index is 0.0564. The SMILES string of the molecule is COCCOc1cc2nnc(C(N)=O)c(Cl)c2cc1Br. The third kappa shape index (κ3) is 3.00. The number of rotatable bonds is 5. The fourth-order valence-electron chi connectivity index (χ4n) is 1.58. The number of nitrogens with two attached hydrogens (primary N) is 1. The molecule has 0 atom stereocenters. The van der Waals surface area contributed by atoms with Gasteiger partial charge in [0.15, 0.2) is 5.69 Å². The number of hydrogen-bond donors (Lipinski definition) is 1. The molecule has 106 valence electrons. The van der Waals surface area contributed by atoms with Gasteiger partial charge in [-0.3, -0.25) is 4.79 Å². The Balaban J connectivity index is 2.45. The smallest absolute Gasteiger partial charge is 0.270 e. The van der Waals surface area contributed by atoms with Gasteiger partial charge in [-0.25, -0.2) is 0 Å². The number of amides is 1. The zero-order valence-electron chi connectivity index (χ0n) is 10.5. The van der Waals surface area contributed by atoms with E-state index in [9.17, 15) is 4.79 Å². The first-order valence-corrected chi connectivity index (χ1v) is 6.78. The van der Waals surface area contributed by atoms with Gasteiger partial charge in [0.25, 0.3) is 5.91 Å². The van der Waals surface area contributed by atoms with E-state index in [1.807, 2.05) is 0 Å². The lowest BCUT2D eigenvalue weighted by Crippen LogP contribution is -2.14. The molecule has 0 aliphatic rings. The zero-order chi connectivity index (χ0) is 14.7. The van der Waals surface area contributed by atoms with Crippen LogP contribution in [-0.4, -0.2) is 36.4 Å². The molecule has 1 aromatic carbocycles. The fourth-order valence-corrected chi connectivity index (χ4v) is 2.32. The molecule has 0 aliphatic heterocycles. The van der Waals surface area contributed by atoms with Gasteiger partial charge in [-0.2, -0.15) is 0 Å². The van der Waals surface area contributed by atoms with Crippen molar-refractivity contribution >= 4 is 44.3 Å². The second-order valence-corrected chi connectivity index (χ2v) is 5.10. The first kappa shape index (κ1) is 15.0. The second kappa shape index (κ2) is 6.34. The van der Waals surface area contributed by atoms with E-state index in [1.54, 1.807) is 19.2 Å². The Kier molecular flexibility index (Phi) is 4.74. The van der Waals surface area contributed by atoms with Crippen molar-refractivity contribution in [1.82, 2.24) is 10.2 Å². The lowest BCUT2D eigenvalue weighted by molar-refractivity contribution is 0.0995. The highest BCUT2D eigenvalue weighted by molar-refractivity contribution is 9.10. The Labute approximate surface area is 128 Å². The summed E-state index contributed by atoms with van der Waals surface area (Å²) >= 11 is 9.48. The monoisotopic (exact) mass is 359 g/mol. The Bertz CT molecular complexity index is 666. The van der Waals surface area contributed by atoms with E-state index in [1.165, 1.54) is 0 Å². The first-order valence-electron chi connectivity index (χ1n) is 5.61. The standard InChI is InChI=1S/C12H11BrClN3O3/c1-19-2-3-20-9-5-8-6(4-7(9)13)10(14)11(12(15)18)17-16-8/h4-5H,2-3H2,1H3,(H2,15,18). The molecule has 0 radical (unpaired) electrons. The lowest BCUT2D eigenvalue weighted by Gasteiger charge is -2.10. The molecule has 1 aromatic heterocycles. The van der Waals surface area contributed by atoms with Crippen LogP contribution in [0.5, 0.6) is 5.75 Å². The van der Waals surface area contributed by atoms with Crippen LogP contribution in [0, 0.1) is 0 Å². The average Bonchev–Trinajstić information content (AvgIpc) is 2.40. The molecule has 2 rings (SSSR count). The number of aromatic nitrogens is 2. The van der Waals surface area contributed by atoms with Gasteiger partial charge < -0.3 is 15.2 Å². The maximum Gasteiger partial charge on any atom is 0.270 e. The molecule has 0 unspecified atom stereocenters. The number of halogens is 2. The molecule has 0 aliphatic carbocycles. The van der Waals surface area contributed by atoms with Gasteiger partial charge in [0, 0.05) is 18.6 Å². The number of carbonyl (C=O) groups excluding carboxylic acids is 1. The number of primary amides is 1. The quantitative estimate of drug-likeness (QED) is 0.826. The summed E-state index contributed by atoms with van der Waals surface area (Å²) in [6, 6.07) is 3.39. The van der Waals surface area contributed by atoms with Crippen LogP contribution in [0.15, 0.2) is 16.6 Å². The fraction of sp³-hybridized carbons (Fsp3) is 0.250. The summed E-state index contributed by atoms with van der Waals surface area (Å²) in [5.41, 5.74) is 5.63. The molecule has 0 fully saturated rings. The highest BCUT2D eigenvalue weighted by Crippen LogP contribution is 2.33. The molecule has 8 heteroatoms. The number of nitrogens with zero attached hydrogens (tertiary/aromatic N) is 2. The van der Waals surface area contributed by atoms with Crippen LogP contribution in [0.3, 0.4) is 0 Å². The van der Waals surface area contributed by atoms with Crippen molar-refractivity contribution < 1.29 is 14.3 Å². The molecular weight excluding hydrogens is 350 g/mol. The van der Waals surface area contributed by atoms with Gasteiger partial charge in [-0.1, -0.05) is 11.6 Å². The van der Waals surface area contributed by atoms with Crippen LogP contribution in [0.25, 0.3) is 10.9 Å². The maximum absolute atomic E-state index is 11.2. The van der Waals surface area contributed by atoms with Crippen LogP contribution in [0.4, 0.5) is 0 Å². The maximum atomic E-state index is 11.2. The van der Waals surface area contributed by atoms with Crippen molar-refractivity contribution in [1.29, 1.82) is 0 Å². The number of methoxy groups -OCH3 is 1. The molecule has 6 nitrogen and oxygen atoms in total. The normalized spacial score (nSPS) is 10.8. The average molecular weight is 361 g/mol. The second-order valence-electron chi connectivity index (χ2n) is 3.87. The minimum Gasteiger partial charge on any atom is -0.490 e. The lowest BCUT2D eigenvalue weighted by atomic mass is 10.2. The van der Waals surface area contributed by atoms with Crippen LogP contribution < -0.4 is 10.5 Å². The van der Waals surface area contributed by atoms with Gasteiger partial charge >= 0.3 is 0 Å². The van der Waals surface area contributed by atoms with Crippen molar-refractivity contribution in [3.63, 3.8) is 0 Å². The van der Waals surface area contributed by atoms with Crippen molar-refractivity contribution in [2.24, 2.45) is 5.73 Å². The topological polar surface area (TPSA) is 87.3 Å². The van der Waals surface area contributed by atoms with E-state index >= 15 is 0 Å². The van der Waals surface area contributed by atoms with Gasteiger partial charge in [-0.15, -0.1) is 10.2 Å². The summed E-state index contributed by atoms with van der Waals surface area (Å²) in [5, 5.41) is 8.39. The van der Waals surface area contributed by atoms with Crippen LogP contribution in [0.2, 0.25) is 5.02 Å². The minimum atomic E-state index is -0.721. The molecule has 0 saturated carbocycles. The summed E-state index contributed by atoms with van der Waals surface area (Å²) in [5.74, 6) is -0.132. The molecule has 2 aromatic rings. The first-order chi connectivity index (χ1) is 9.54. The molecule has 1 amide bonds. The van der Waals surface area contributed by atoms with E-state index in [0.717, 1.165) is 0 Å². The molecular formula is C12H11BrClN3O3. The van der Waals surface area contributed by atoms with Gasteiger partial charge in [0.1, 0.15) is 12.4 Å². The summed E-state index contributed by atoms with van der Waals surface area (Å²) in [6.07, 6.45) is 0. The molecule has 0 saturated heterocycles. The molecule has 0 spiro atoms. The highest BCUT2D eigenvalue weighted by Gasteiger charge is 2.15. The number of benzene rings is 1. The number of fused-ring (bicyclic) bond motifs is 1. The molecule has 20 heavy (non-hydrogen) atoms. The molecule has 0 bridgehead atoms. The summed E-state index contributed by atoms with van der Waals surface area (Å²) in [4.78, 5) is 11.2.